The number of nitrogens with zero attached hydrogens (tertiary/aromatic N) is 2. The highest BCUT2D eigenvalue weighted by atomic mass is 16.4. The van der Waals surface area contributed by atoms with Crippen LogP contribution >= 0.6 is 0 Å². The number of para-hydroxylation sites is 6. The summed E-state index contributed by atoms with van der Waals surface area (Å²) in [7, 11) is 0. The van der Waals surface area contributed by atoms with E-state index in [0.717, 1.165) is 171 Å². The quantitative estimate of drug-likeness (QED) is 0.144. The van der Waals surface area contributed by atoms with Crippen molar-refractivity contribution in [3.05, 3.63) is 291 Å². The zero-order valence-electron chi connectivity index (χ0n) is 46.2. The first-order valence-electron chi connectivity index (χ1n) is 29.1. The van der Waals surface area contributed by atoms with Crippen LogP contribution in [0.3, 0.4) is 0 Å². The van der Waals surface area contributed by atoms with Crippen molar-refractivity contribution in [1.29, 1.82) is 0 Å². The van der Waals surface area contributed by atoms with E-state index >= 15 is 0 Å². The molecule has 4 aromatic heterocycles. The molecule has 0 atom stereocenters. The first kappa shape index (κ1) is 48.0. The minimum atomic E-state index is 0.716. The Morgan fingerprint density at radius 3 is 1.10 bits per heavy atom. The van der Waals surface area contributed by atoms with Crippen molar-refractivity contribution in [2.45, 2.75) is 0 Å². The Balaban J connectivity index is 0.790. The molecule has 402 valence electrons. The summed E-state index contributed by atoms with van der Waals surface area (Å²) in [6.07, 6.45) is 0. The molecule has 0 N–H and O–H groups in total. The van der Waals surface area contributed by atoms with E-state index in [4.69, 9.17) is 17.7 Å². The first-order chi connectivity index (χ1) is 42.6. The molecule has 0 spiro atoms. The van der Waals surface area contributed by atoms with E-state index < -0.39 is 0 Å². The average molecular weight is 1100 g/mol. The molecule has 0 saturated heterocycles. The first-order valence-corrected chi connectivity index (χ1v) is 29.1. The van der Waals surface area contributed by atoms with Gasteiger partial charge in [0, 0.05) is 77.0 Å². The normalized spacial score (nSPS) is 12.0. The lowest BCUT2D eigenvalue weighted by molar-refractivity contribution is 0.634. The van der Waals surface area contributed by atoms with Crippen molar-refractivity contribution in [3.8, 4) is 33.4 Å². The second-order valence-corrected chi connectivity index (χ2v) is 22.3. The van der Waals surface area contributed by atoms with Gasteiger partial charge in [-0.25, -0.2) is 0 Å². The molecule has 0 bridgehead atoms. The molecule has 6 heteroatoms. The van der Waals surface area contributed by atoms with Crippen molar-refractivity contribution in [3.63, 3.8) is 0 Å². The SMILES string of the molecule is c1ccc(-c2cccc3c2oc2c(N(c4ccccc4)c4ccc5cc6c(cc5c4)oc4c6cc(-c5ccccc5)c5c6cc7ccc(N(c8ccccc8)c8cccc9c8oc8c(-c%10ccccc%10)cccc89)cc7cc6oc45)cccc23)cc1. The number of benzene rings is 14. The van der Waals surface area contributed by atoms with Gasteiger partial charge < -0.3 is 27.5 Å². The predicted molar refractivity (Wildman–Crippen MR) is 356 cm³/mol. The monoisotopic (exact) mass is 1100 g/mol. The fraction of sp³-hybridized carbons (Fsp3) is 0. The van der Waals surface area contributed by atoms with E-state index in [2.05, 4.69) is 289 Å². The molecule has 0 saturated carbocycles. The third-order valence-corrected chi connectivity index (χ3v) is 17.4. The van der Waals surface area contributed by atoms with E-state index in [1.165, 1.54) is 0 Å². The molecule has 0 aliphatic heterocycles. The highest BCUT2D eigenvalue weighted by molar-refractivity contribution is 6.26. The fourth-order valence-electron chi connectivity index (χ4n) is 13.4. The van der Waals surface area contributed by atoms with Crippen molar-refractivity contribution < 1.29 is 17.7 Å². The van der Waals surface area contributed by atoms with Crippen LogP contribution in [0.15, 0.2) is 309 Å². The van der Waals surface area contributed by atoms with Crippen LogP contribution in [0.5, 0.6) is 0 Å². The van der Waals surface area contributed by atoms with Crippen LogP contribution in [-0.4, -0.2) is 0 Å². The average Bonchev–Trinajstić information content (AvgIpc) is 1.65. The van der Waals surface area contributed by atoms with E-state index in [9.17, 15) is 0 Å². The standard InChI is InChI=1S/C80H48N2O4/c1-6-20-49(21-7-1)60-30-16-32-62-64-34-18-36-70(77(64)85-75(60)62)81(56-26-12-4-13-27-56)58-40-38-52-44-67-68-48-66(51-24-10-3-11-25-51)74-69-45-53-39-41-59(43-55(53)47-73(69)84-80(74)79(68)83-72(67)46-54(52)42-58)82(57-28-14-5-15-29-57)71-37-19-35-65-63-33-17-31-61(76(63)86-78(65)71)50-22-8-2-9-23-50/h1-48H. The minimum absolute atomic E-state index is 0.716. The molecule has 14 aromatic carbocycles. The smallest absolute Gasteiger partial charge is 0.179 e. The molecule has 18 aromatic rings. The molecule has 18 rings (SSSR count). The van der Waals surface area contributed by atoms with E-state index in [0.29, 0.717) is 5.58 Å². The minimum Gasteiger partial charge on any atom is -0.453 e. The van der Waals surface area contributed by atoms with Gasteiger partial charge in [-0.1, -0.05) is 200 Å². The van der Waals surface area contributed by atoms with Crippen molar-refractivity contribution in [1.82, 2.24) is 0 Å². The maximum atomic E-state index is 7.17. The number of rotatable bonds is 9. The van der Waals surface area contributed by atoms with Crippen molar-refractivity contribution in [2.24, 2.45) is 0 Å². The molecule has 0 fully saturated rings. The Kier molecular flexibility index (Phi) is 10.6. The summed E-state index contributed by atoms with van der Waals surface area (Å²) in [6, 6.07) is 103. The third kappa shape index (κ3) is 7.46. The van der Waals surface area contributed by atoms with Crippen LogP contribution in [0.25, 0.3) is 143 Å². The summed E-state index contributed by atoms with van der Waals surface area (Å²) < 4.78 is 28.3. The summed E-state index contributed by atoms with van der Waals surface area (Å²) >= 11 is 0. The highest BCUT2D eigenvalue weighted by Gasteiger charge is 2.26. The van der Waals surface area contributed by atoms with Gasteiger partial charge in [-0.3, -0.25) is 0 Å². The Hall–Kier alpha value is -11.6. The van der Waals surface area contributed by atoms with Gasteiger partial charge in [0.05, 0.1) is 11.4 Å². The summed E-state index contributed by atoms with van der Waals surface area (Å²) in [5.74, 6) is 0. The van der Waals surface area contributed by atoms with E-state index in [-0.39, 0.29) is 0 Å². The molecule has 0 unspecified atom stereocenters. The maximum absolute atomic E-state index is 7.17. The zero-order chi connectivity index (χ0) is 56.4. The summed E-state index contributed by atoms with van der Waals surface area (Å²) in [5, 5.41) is 12.6. The molecule has 0 aliphatic rings. The number of furan rings is 4. The molecule has 86 heavy (non-hydrogen) atoms. The fourth-order valence-corrected chi connectivity index (χ4v) is 13.4. The van der Waals surface area contributed by atoms with Gasteiger partial charge in [-0.15, -0.1) is 0 Å². The lowest BCUT2D eigenvalue weighted by Gasteiger charge is -2.25. The summed E-state index contributed by atoms with van der Waals surface area (Å²) in [6.45, 7) is 0. The van der Waals surface area contributed by atoms with Gasteiger partial charge in [-0.05, 0) is 135 Å². The van der Waals surface area contributed by atoms with Crippen LogP contribution < -0.4 is 9.80 Å². The maximum Gasteiger partial charge on any atom is 0.179 e. The van der Waals surface area contributed by atoms with Gasteiger partial charge in [-0.2, -0.15) is 0 Å². The lowest BCUT2D eigenvalue weighted by Crippen LogP contribution is -2.10. The van der Waals surface area contributed by atoms with Crippen LogP contribution in [0, 0.1) is 0 Å². The topological polar surface area (TPSA) is 59.0 Å². The zero-order valence-corrected chi connectivity index (χ0v) is 46.2. The Morgan fingerprint density at radius 2 is 0.616 bits per heavy atom. The summed E-state index contributed by atoms with van der Waals surface area (Å²) in [4.78, 5) is 4.60. The van der Waals surface area contributed by atoms with Crippen LogP contribution in [-0.2, 0) is 0 Å². The molecule has 6 nitrogen and oxygen atoms in total. The van der Waals surface area contributed by atoms with Crippen LogP contribution in [0.1, 0.15) is 0 Å². The third-order valence-electron chi connectivity index (χ3n) is 17.4. The molecular formula is C80H48N2O4. The van der Waals surface area contributed by atoms with Crippen LogP contribution in [0.2, 0.25) is 0 Å². The van der Waals surface area contributed by atoms with E-state index in [1.54, 1.807) is 0 Å². The largest absolute Gasteiger partial charge is 0.453 e. The van der Waals surface area contributed by atoms with Crippen molar-refractivity contribution >= 4 is 143 Å². The van der Waals surface area contributed by atoms with Crippen molar-refractivity contribution in [2.75, 3.05) is 9.80 Å². The number of hydrogen-bond acceptors (Lipinski definition) is 6. The second-order valence-electron chi connectivity index (χ2n) is 22.3. The molecular weight excluding hydrogens is 1050 g/mol. The van der Waals surface area contributed by atoms with E-state index in [1.807, 2.05) is 12.1 Å². The molecule has 0 amide bonds. The van der Waals surface area contributed by atoms with Crippen LogP contribution in [0.4, 0.5) is 34.1 Å². The number of fused-ring (bicyclic) bond motifs is 15. The Bertz CT molecular complexity index is 5710. The van der Waals surface area contributed by atoms with Gasteiger partial charge >= 0.3 is 0 Å². The lowest BCUT2D eigenvalue weighted by atomic mass is 9.95. The van der Waals surface area contributed by atoms with Gasteiger partial charge in [0.25, 0.3) is 0 Å². The molecule has 0 radical (unpaired) electrons. The van der Waals surface area contributed by atoms with Gasteiger partial charge in [0.1, 0.15) is 22.3 Å². The highest BCUT2D eigenvalue weighted by Crippen LogP contribution is 2.50. The Morgan fingerprint density at radius 1 is 0.209 bits per heavy atom. The van der Waals surface area contributed by atoms with Gasteiger partial charge in [0.15, 0.2) is 22.3 Å². The van der Waals surface area contributed by atoms with Gasteiger partial charge in [0.2, 0.25) is 0 Å². The number of hydrogen-bond donors (Lipinski definition) is 0. The second kappa shape index (κ2) is 19.0. The summed E-state index contributed by atoms with van der Waals surface area (Å²) in [5.41, 5.74) is 18.8. The molecule has 4 heterocycles. The predicted octanol–water partition coefficient (Wildman–Crippen LogP) is 23.5. The Labute approximate surface area is 492 Å². The number of anilines is 6. The molecule has 0 aliphatic carbocycles.